The number of methoxy groups -OCH3 is 1. The molecule has 0 aliphatic rings. The Morgan fingerprint density at radius 1 is 1.08 bits per heavy atom. The Morgan fingerprint density at radius 3 is 2.36 bits per heavy atom. The first-order valence-electron chi connectivity index (χ1n) is 7.57. The van der Waals surface area contributed by atoms with Gasteiger partial charge in [-0.2, -0.15) is 0 Å². The van der Waals surface area contributed by atoms with Crippen molar-refractivity contribution in [2.75, 3.05) is 28.7 Å². The summed E-state index contributed by atoms with van der Waals surface area (Å²) < 4.78 is 30.5. The van der Waals surface area contributed by atoms with Gasteiger partial charge in [0.1, 0.15) is 11.8 Å². The summed E-state index contributed by atoms with van der Waals surface area (Å²) in [6.07, 6.45) is 1.06. The maximum Gasteiger partial charge on any atom is 0.246 e. The van der Waals surface area contributed by atoms with Crippen molar-refractivity contribution in [3.8, 4) is 5.75 Å². The number of ether oxygens (including phenoxy) is 1. The molecule has 0 bridgehead atoms. The summed E-state index contributed by atoms with van der Waals surface area (Å²) in [4.78, 5) is 12.2. The van der Waals surface area contributed by atoms with Gasteiger partial charge in [-0.25, -0.2) is 8.42 Å². The Balaban J connectivity index is 2.10. The molecule has 2 rings (SSSR count). The third kappa shape index (κ3) is 5.68. The van der Waals surface area contributed by atoms with Crippen LogP contribution in [0.3, 0.4) is 0 Å². The molecule has 7 nitrogen and oxygen atoms in total. The van der Waals surface area contributed by atoms with E-state index in [0.29, 0.717) is 22.8 Å². The number of hydrogen-bond donors (Lipinski definition) is 3. The van der Waals surface area contributed by atoms with Crippen molar-refractivity contribution in [2.45, 2.75) is 13.0 Å². The van der Waals surface area contributed by atoms with Gasteiger partial charge < -0.3 is 15.4 Å². The van der Waals surface area contributed by atoms with Gasteiger partial charge in [0, 0.05) is 11.4 Å². The number of hydrogen-bond acceptors (Lipinski definition) is 5. The largest absolute Gasteiger partial charge is 0.495 e. The zero-order valence-electron chi connectivity index (χ0n) is 14.2. The Morgan fingerprint density at radius 2 is 1.76 bits per heavy atom. The molecule has 0 heterocycles. The van der Waals surface area contributed by atoms with Crippen LogP contribution in [0, 0.1) is 0 Å². The molecule has 0 spiro atoms. The van der Waals surface area contributed by atoms with E-state index in [4.69, 9.17) is 4.74 Å². The van der Waals surface area contributed by atoms with E-state index < -0.39 is 16.1 Å². The van der Waals surface area contributed by atoms with Gasteiger partial charge in [0.05, 0.1) is 19.1 Å². The number of carbonyl (C=O) groups excluding carboxylic acids is 1. The molecule has 1 atom stereocenters. The highest BCUT2D eigenvalue weighted by Crippen LogP contribution is 2.28. The minimum Gasteiger partial charge on any atom is -0.495 e. The number of para-hydroxylation sites is 1. The van der Waals surface area contributed by atoms with Crippen LogP contribution in [0.4, 0.5) is 17.1 Å². The van der Waals surface area contributed by atoms with Crippen LogP contribution in [0.15, 0.2) is 48.5 Å². The van der Waals surface area contributed by atoms with E-state index in [1.54, 1.807) is 37.3 Å². The molecule has 0 saturated carbocycles. The minimum atomic E-state index is -3.45. The standard InChI is InChI=1S/C17H21N3O4S/c1-12(17(21)19-13-7-5-4-6-8-13)18-14-9-10-16(24-2)15(11-14)20-25(3,22)23/h4-12,18,20H,1-3H3,(H,19,21). The monoisotopic (exact) mass is 363 g/mol. The lowest BCUT2D eigenvalue weighted by Gasteiger charge is -2.17. The summed E-state index contributed by atoms with van der Waals surface area (Å²) in [6, 6.07) is 13.5. The van der Waals surface area contributed by atoms with E-state index in [-0.39, 0.29) is 5.91 Å². The van der Waals surface area contributed by atoms with Gasteiger partial charge in [0.15, 0.2) is 0 Å². The second-order valence-corrected chi connectivity index (χ2v) is 7.26. The van der Waals surface area contributed by atoms with Crippen molar-refractivity contribution in [2.24, 2.45) is 0 Å². The number of amides is 1. The lowest BCUT2D eigenvalue weighted by atomic mass is 10.2. The van der Waals surface area contributed by atoms with Crippen molar-refractivity contribution in [3.63, 3.8) is 0 Å². The van der Waals surface area contributed by atoms with Crippen LogP contribution in [0.1, 0.15) is 6.92 Å². The van der Waals surface area contributed by atoms with Crippen LogP contribution in [-0.4, -0.2) is 33.7 Å². The topological polar surface area (TPSA) is 96.5 Å². The molecule has 134 valence electrons. The van der Waals surface area contributed by atoms with E-state index in [1.807, 2.05) is 18.2 Å². The van der Waals surface area contributed by atoms with Gasteiger partial charge in [0.2, 0.25) is 15.9 Å². The average Bonchev–Trinajstić information content (AvgIpc) is 2.54. The maximum atomic E-state index is 12.2. The second-order valence-electron chi connectivity index (χ2n) is 5.51. The van der Waals surface area contributed by atoms with Gasteiger partial charge in [-0.15, -0.1) is 0 Å². The molecule has 0 aliphatic heterocycles. The highest BCUT2D eigenvalue weighted by Gasteiger charge is 2.15. The second kappa shape index (κ2) is 7.89. The summed E-state index contributed by atoms with van der Waals surface area (Å²) in [6.45, 7) is 1.71. The van der Waals surface area contributed by atoms with Gasteiger partial charge in [-0.1, -0.05) is 18.2 Å². The SMILES string of the molecule is COc1ccc(NC(C)C(=O)Nc2ccccc2)cc1NS(C)(=O)=O. The molecule has 2 aromatic carbocycles. The van der Waals surface area contributed by atoms with Crippen molar-refractivity contribution in [1.82, 2.24) is 0 Å². The van der Waals surface area contributed by atoms with Crippen molar-refractivity contribution >= 4 is 33.0 Å². The molecule has 1 unspecified atom stereocenters. The molecule has 0 fully saturated rings. The molecule has 0 radical (unpaired) electrons. The summed E-state index contributed by atoms with van der Waals surface area (Å²) in [5.41, 5.74) is 1.59. The smallest absolute Gasteiger partial charge is 0.246 e. The molecule has 0 aromatic heterocycles. The highest BCUT2D eigenvalue weighted by molar-refractivity contribution is 7.92. The lowest BCUT2D eigenvalue weighted by Crippen LogP contribution is -2.31. The first-order valence-corrected chi connectivity index (χ1v) is 9.46. The summed E-state index contributed by atoms with van der Waals surface area (Å²) in [5, 5.41) is 5.84. The summed E-state index contributed by atoms with van der Waals surface area (Å²) >= 11 is 0. The van der Waals surface area contributed by atoms with Crippen LogP contribution >= 0.6 is 0 Å². The van der Waals surface area contributed by atoms with Gasteiger partial charge in [-0.3, -0.25) is 9.52 Å². The fourth-order valence-corrected chi connectivity index (χ4v) is 2.72. The van der Waals surface area contributed by atoms with Crippen molar-refractivity contribution < 1.29 is 17.9 Å². The molecule has 8 heteroatoms. The number of nitrogens with one attached hydrogen (secondary N) is 3. The molecule has 25 heavy (non-hydrogen) atoms. The van der Waals surface area contributed by atoms with Gasteiger partial charge >= 0.3 is 0 Å². The minimum absolute atomic E-state index is 0.209. The van der Waals surface area contributed by atoms with Crippen LogP contribution in [-0.2, 0) is 14.8 Å². The normalized spacial score (nSPS) is 12.1. The Kier molecular flexibility index (Phi) is 5.87. The van der Waals surface area contributed by atoms with Crippen LogP contribution < -0.4 is 20.1 Å². The van der Waals surface area contributed by atoms with E-state index in [1.165, 1.54) is 7.11 Å². The highest BCUT2D eigenvalue weighted by atomic mass is 32.2. The predicted octanol–water partition coefficient (Wildman–Crippen LogP) is 2.51. The van der Waals surface area contributed by atoms with Crippen LogP contribution in [0.2, 0.25) is 0 Å². The molecule has 1 amide bonds. The third-order valence-electron chi connectivity index (χ3n) is 3.31. The number of sulfonamides is 1. The predicted molar refractivity (Wildman–Crippen MR) is 99.6 cm³/mol. The van der Waals surface area contributed by atoms with Gasteiger partial charge in [0.25, 0.3) is 0 Å². The number of benzene rings is 2. The summed E-state index contributed by atoms with van der Waals surface area (Å²) in [5.74, 6) is 0.178. The first kappa shape index (κ1) is 18.6. The van der Waals surface area contributed by atoms with E-state index >= 15 is 0 Å². The molecule has 3 N–H and O–H groups in total. The third-order valence-corrected chi connectivity index (χ3v) is 3.90. The first-order chi connectivity index (χ1) is 11.8. The average molecular weight is 363 g/mol. The van der Waals surface area contributed by atoms with Crippen molar-refractivity contribution in [1.29, 1.82) is 0 Å². The van der Waals surface area contributed by atoms with E-state index in [9.17, 15) is 13.2 Å². The molecule has 2 aromatic rings. The molecule has 0 saturated heterocycles. The number of carbonyl (C=O) groups is 1. The summed E-state index contributed by atoms with van der Waals surface area (Å²) in [7, 11) is -2.00. The van der Waals surface area contributed by atoms with E-state index in [2.05, 4.69) is 15.4 Å². The van der Waals surface area contributed by atoms with Crippen molar-refractivity contribution in [3.05, 3.63) is 48.5 Å². The van der Waals surface area contributed by atoms with Crippen LogP contribution in [0.5, 0.6) is 5.75 Å². The maximum absolute atomic E-state index is 12.2. The van der Waals surface area contributed by atoms with Crippen LogP contribution in [0.25, 0.3) is 0 Å². The molecular formula is C17H21N3O4S. The number of rotatable bonds is 7. The fraction of sp³-hybridized carbons (Fsp3) is 0.235. The zero-order valence-corrected chi connectivity index (χ0v) is 15.1. The molecule has 0 aliphatic carbocycles. The quantitative estimate of drug-likeness (QED) is 0.702. The lowest BCUT2D eigenvalue weighted by molar-refractivity contribution is -0.116. The Labute approximate surface area is 147 Å². The number of anilines is 3. The molecular weight excluding hydrogens is 342 g/mol. The zero-order chi connectivity index (χ0) is 18.4. The van der Waals surface area contributed by atoms with Gasteiger partial charge in [-0.05, 0) is 37.3 Å². The Bertz CT molecular complexity index is 838. The Hall–Kier alpha value is -2.74. The van der Waals surface area contributed by atoms with E-state index in [0.717, 1.165) is 6.26 Å². The fourth-order valence-electron chi connectivity index (χ4n) is 2.16.